The molecule has 3 heteroatoms. The molecule has 0 saturated carbocycles. The summed E-state index contributed by atoms with van der Waals surface area (Å²) in [4.78, 5) is 0. The van der Waals surface area contributed by atoms with E-state index in [-0.39, 0.29) is 0 Å². The molecule has 0 heterocycles. The second-order valence-electron chi connectivity index (χ2n) is 0.899. The highest BCUT2D eigenvalue weighted by Crippen LogP contribution is 1.71. The molecule has 2 atom stereocenters. The van der Waals surface area contributed by atoms with Gasteiger partial charge in [-0.25, -0.2) is 0 Å². The molecule has 0 fully saturated rings. The van der Waals surface area contributed by atoms with Crippen molar-refractivity contribution >= 4 is 0 Å². The molecule has 1 unspecified atom stereocenters. The van der Waals surface area contributed by atoms with Crippen LogP contribution < -0.4 is 0 Å². The summed E-state index contributed by atoms with van der Waals surface area (Å²) in [6.07, 6.45) is -1.32. The number of hydrogen-bond donors (Lipinski definition) is 3. The van der Waals surface area contributed by atoms with Crippen LogP contribution in [0.4, 0.5) is 0 Å². The lowest BCUT2D eigenvalue weighted by Gasteiger charge is -1.96. The van der Waals surface area contributed by atoms with Gasteiger partial charge in [0.15, 0.2) is 0 Å². The first-order chi connectivity index (χ1) is 3.18. The minimum Gasteiger partial charge on any atom is -0.394 e. The molecule has 0 spiro atoms. The molecule has 0 rings (SSSR count). The lowest BCUT2D eigenvalue weighted by molar-refractivity contribution is 0.0450. The van der Waals surface area contributed by atoms with Crippen molar-refractivity contribution in [2.45, 2.75) is 6.10 Å². The molecule has 0 bridgehead atoms. The van der Waals surface area contributed by atoms with Gasteiger partial charge >= 0.3 is 0 Å². The number of aliphatic hydroxyl groups is 3. The topological polar surface area (TPSA) is 60.7 Å². The average Bonchev–Trinajstić information content (AvgIpc) is 1.65. The van der Waals surface area contributed by atoms with Gasteiger partial charge in [-0.3, -0.25) is 0 Å². The molecule has 3 N–H and O–H groups in total. The van der Waals surface area contributed by atoms with Crippen molar-refractivity contribution in [1.82, 2.24) is 0 Å². The molecule has 0 aliphatic carbocycles. The first-order valence-electron chi connectivity index (χ1n) is 2.15. The van der Waals surface area contributed by atoms with Crippen molar-refractivity contribution in [2.75, 3.05) is 13.2 Å². The molecule has 0 aromatic carbocycles. The maximum atomic E-state index is 8.25. The van der Waals surface area contributed by atoms with Crippen molar-refractivity contribution in [1.29, 1.82) is 0 Å². The highest BCUT2D eigenvalue weighted by Gasteiger charge is 1.93. The summed E-state index contributed by atoms with van der Waals surface area (Å²) in [5.41, 5.74) is 0. The monoisotopic (exact) mass is 95.1 g/mol. The standard InChI is InChI=1S/C3H8O3/c4-1-3(6)2-5/h3-6H,1-2H2/i1+1D,3+1/t1?,3-/m0/s1. The highest BCUT2D eigenvalue weighted by atomic mass is 16.5. The molecular formula is C3H8O3. The summed E-state index contributed by atoms with van der Waals surface area (Å²) < 4.78 is 6.33. The first kappa shape index (κ1) is 4.05. The maximum absolute atomic E-state index is 8.25. The van der Waals surface area contributed by atoms with Gasteiger partial charge in [0.1, 0.15) is 6.10 Å². The predicted octanol–water partition coefficient (Wildman–Crippen LogP) is -1.67. The molecule has 0 aromatic rings. The first-order valence-corrected chi connectivity index (χ1v) is 1.57. The zero-order chi connectivity index (χ0) is 5.86. The van der Waals surface area contributed by atoms with Crippen LogP contribution in [-0.2, 0) is 0 Å². The van der Waals surface area contributed by atoms with E-state index in [1.807, 2.05) is 0 Å². The van der Waals surface area contributed by atoms with Crippen molar-refractivity contribution in [2.24, 2.45) is 0 Å². The van der Waals surface area contributed by atoms with Gasteiger partial charge in [0.25, 0.3) is 0 Å². The van der Waals surface area contributed by atoms with E-state index in [0.717, 1.165) is 0 Å². The fourth-order valence-electron chi connectivity index (χ4n) is 0.0471. The van der Waals surface area contributed by atoms with Crippen molar-refractivity contribution in [3.63, 3.8) is 0 Å². The van der Waals surface area contributed by atoms with Gasteiger partial charge in [-0.05, 0) is 0 Å². The van der Waals surface area contributed by atoms with Gasteiger partial charge < -0.3 is 15.3 Å². The lowest BCUT2D eigenvalue weighted by Crippen LogP contribution is -2.15. The van der Waals surface area contributed by atoms with Gasteiger partial charge in [-0.1, -0.05) is 0 Å². The molecule has 3 nitrogen and oxygen atoms in total. The Hall–Kier alpha value is -0.120. The van der Waals surface area contributed by atoms with E-state index < -0.39 is 19.3 Å². The van der Waals surface area contributed by atoms with Crippen LogP contribution in [0.3, 0.4) is 0 Å². The van der Waals surface area contributed by atoms with Gasteiger partial charge in [0.2, 0.25) is 0 Å². The molecule has 6 heavy (non-hydrogen) atoms. The van der Waals surface area contributed by atoms with Crippen LogP contribution in [0.5, 0.6) is 0 Å². The van der Waals surface area contributed by atoms with Gasteiger partial charge in [0, 0.05) is 0 Å². The summed E-state index contributed by atoms with van der Waals surface area (Å²) in [6.45, 7) is -2.14. The Kier molecular flexibility index (Phi) is 2.08. The summed E-state index contributed by atoms with van der Waals surface area (Å²) in [7, 11) is 0. The van der Waals surface area contributed by atoms with Crippen molar-refractivity contribution < 1.29 is 16.7 Å². The molecule has 38 valence electrons. The lowest BCUT2D eigenvalue weighted by atomic mass is 11.0. The third kappa shape index (κ3) is 2.14. The molecule has 0 aliphatic rings. The summed E-state index contributed by atoms with van der Waals surface area (Å²) >= 11 is 0. The Balaban J connectivity index is 3.14. The minimum atomic E-state index is -1.58. The maximum Gasteiger partial charge on any atom is 0.100 e. The van der Waals surface area contributed by atoms with Crippen LogP contribution >= 0.6 is 0 Å². The van der Waals surface area contributed by atoms with Crippen LogP contribution in [0.25, 0.3) is 0 Å². The Morgan fingerprint density at radius 1 is 1.67 bits per heavy atom. The molecule has 0 amide bonds. The average molecular weight is 95.1 g/mol. The molecular weight excluding hydrogens is 86.0 g/mol. The van der Waals surface area contributed by atoms with Gasteiger partial charge in [-0.2, -0.15) is 0 Å². The van der Waals surface area contributed by atoms with E-state index in [1.165, 1.54) is 0 Å². The molecule has 0 radical (unpaired) electrons. The van der Waals surface area contributed by atoms with E-state index in [4.69, 9.17) is 16.7 Å². The number of aliphatic hydroxyl groups excluding tert-OH is 3. The number of rotatable bonds is 2. The smallest absolute Gasteiger partial charge is 0.100 e. The van der Waals surface area contributed by atoms with E-state index in [9.17, 15) is 0 Å². The zero-order valence-corrected chi connectivity index (χ0v) is 3.20. The predicted molar refractivity (Wildman–Crippen MR) is 20.2 cm³/mol. The summed E-state index contributed by atoms with van der Waals surface area (Å²) in [6, 6.07) is 0. The van der Waals surface area contributed by atoms with E-state index in [1.54, 1.807) is 0 Å². The van der Waals surface area contributed by atoms with Crippen LogP contribution in [0.2, 0.25) is 0 Å². The zero-order valence-electron chi connectivity index (χ0n) is 4.20. The van der Waals surface area contributed by atoms with Crippen molar-refractivity contribution in [3.05, 3.63) is 0 Å². The second-order valence-corrected chi connectivity index (χ2v) is 0.899. The largest absolute Gasteiger partial charge is 0.394 e. The number of hydrogen-bond acceptors (Lipinski definition) is 3. The van der Waals surface area contributed by atoms with Crippen LogP contribution in [0, 0.1) is 0 Å². The van der Waals surface area contributed by atoms with Crippen LogP contribution in [-0.4, -0.2) is 34.6 Å². The Labute approximate surface area is 37.3 Å². The third-order valence-corrected chi connectivity index (χ3v) is 0.359. The molecule has 0 saturated heterocycles. The summed E-state index contributed by atoms with van der Waals surface area (Å²) in [5.74, 6) is 0. The second kappa shape index (κ2) is 3.08. The van der Waals surface area contributed by atoms with Crippen LogP contribution in [0.15, 0.2) is 0 Å². The Bertz CT molecular complexity index is 47.4. The molecule has 0 aliphatic heterocycles. The quantitative estimate of drug-likeness (QED) is 0.359. The fraction of sp³-hybridized carbons (Fsp3) is 1.00. The third-order valence-electron chi connectivity index (χ3n) is 0.359. The fourth-order valence-corrected chi connectivity index (χ4v) is 0.0471. The Morgan fingerprint density at radius 3 is 2.17 bits per heavy atom. The van der Waals surface area contributed by atoms with Gasteiger partial charge in [0.05, 0.1) is 14.6 Å². The normalized spacial score (nSPS) is 22.2. The van der Waals surface area contributed by atoms with E-state index >= 15 is 0 Å². The highest BCUT2D eigenvalue weighted by molar-refractivity contribution is 4.43. The van der Waals surface area contributed by atoms with Crippen LogP contribution in [0.1, 0.15) is 1.37 Å². The Morgan fingerprint density at radius 2 is 2.17 bits per heavy atom. The van der Waals surface area contributed by atoms with E-state index in [0.29, 0.717) is 0 Å². The minimum absolute atomic E-state index is 0.565. The van der Waals surface area contributed by atoms with Crippen molar-refractivity contribution in [3.8, 4) is 0 Å². The van der Waals surface area contributed by atoms with E-state index in [2.05, 4.69) is 0 Å². The summed E-state index contributed by atoms with van der Waals surface area (Å²) in [5, 5.41) is 24.3. The molecule has 0 aromatic heterocycles. The SMILES string of the molecule is [2H][13CH](O)[13C@H](O)CO. The van der Waals surface area contributed by atoms with Gasteiger partial charge in [-0.15, -0.1) is 0 Å².